The van der Waals surface area contributed by atoms with Gasteiger partial charge in [-0.2, -0.15) is 4.98 Å². The van der Waals surface area contributed by atoms with Crippen LogP contribution in [-0.4, -0.2) is 42.3 Å². The van der Waals surface area contributed by atoms with Crippen LogP contribution >= 0.6 is 15.9 Å². The largest absolute Gasteiger partial charge is 0.371 e. The van der Waals surface area contributed by atoms with Gasteiger partial charge in [0.1, 0.15) is 5.82 Å². The zero-order valence-corrected chi connectivity index (χ0v) is 11.3. The van der Waals surface area contributed by atoms with E-state index in [2.05, 4.69) is 36.1 Å². The maximum atomic E-state index is 5.83. The lowest BCUT2D eigenvalue weighted by Gasteiger charge is -2.33. The summed E-state index contributed by atoms with van der Waals surface area (Å²) in [6.45, 7) is 1.85. The molecule has 6 heteroatoms. The molecule has 17 heavy (non-hydrogen) atoms. The summed E-state index contributed by atoms with van der Waals surface area (Å²) in [5.41, 5.74) is 0. The monoisotopic (exact) mass is 298 g/mol. The first-order chi connectivity index (χ1) is 8.26. The van der Waals surface area contributed by atoms with Crippen LogP contribution in [0.3, 0.4) is 0 Å². The Morgan fingerprint density at radius 3 is 2.76 bits per heavy atom. The van der Waals surface area contributed by atoms with Crippen molar-refractivity contribution in [2.24, 2.45) is 0 Å². The average molecular weight is 299 g/mol. The van der Waals surface area contributed by atoms with Crippen LogP contribution in [-0.2, 0) is 4.74 Å². The number of anilines is 2. The van der Waals surface area contributed by atoms with E-state index >= 15 is 0 Å². The van der Waals surface area contributed by atoms with Crippen LogP contribution in [0.5, 0.6) is 0 Å². The van der Waals surface area contributed by atoms with Gasteiger partial charge in [-0.15, -0.1) is 0 Å². The Kier molecular flexibility index (Phi) is 2.92. The molecule has 2 bridgehead atoms. The maximum absolute atomic E-state index is 5.83. The van der Waals surface area contributed by atoms with Gasteiger partial charge in [0.2, 0.25) is 5.95 Å². The van der Waals surface area contributed by atoms with Crippen molar-refractivity contribution < 1.29 is 4.74 Å². The molecule has 0 amide bonds. The van der Waals surface area contributed by atoms with E-state index in [9.17, 15) is 0 Å². The quantitative estimate of drug-likeness (QED) is 0.900. The molecule has 3 rings (SSSR count). The van der Waals surface area contributed by atoms with Gasteiger partial charge in [-0.3, -0.25) is 0 Å². The third kappa shape index (κ3) is 2.11. The van der Waals surface area contributed by atoms with E-state index in [4.69, 9.17) is 4.74 Å². The van der Waals surface area contributed by atoms with Gasteiger partial charge in [-0.25, -0.2) is 4.98 Å². The molecule has 92 valence electrons. The first-order valence-electron chi connectivity index (χ1n) is 5.87. The number of rotatable bonds is 2. The Hall–Kier alpha value is -0.880. The number of aromatic nitrogens is 2. The van der Waals surface area contributed by atoms with Crippen molar-refractivity contribution in [1.29, 1.82) is 0 Å². The van der Waals surface area contributed by atoms with Crippen LogP contribution in [0.4, 0.5) is 11.8 Å². The Morgan fingerprint density at radius 1 is 1.41 bits per heavy atom. The average Bonchev–Trinajstić information content (AvgIpc) is 2.69. The smallest absolute Gasteiger partial charge is 0.224 e. The molecule has 0 spiro atoms. The molecule has 3 heterocycles. The molecular formula is C11H15BrN4O. The molecule has 2 aliphatic rings. The zero-order chi connectivity index (χ0) is 11.8. The highest BCUT2D eigenvalue weighted by atomic mass is 79.9. The minimum atomic E-state index is 0.369. The summed E-state index contributed by atoms with van der Waals surface area (Å²) >= 11 is 3.52. The Bertz CT molecular complexity index is 416. The molecule has 2 aliphatic heterocycles. The van der Waals surface area contributed by atoms with Crippen molar-refractivity contribution in [1.82, 2.24) is 9.97 Å². The van der Waals surface area contributed by atoms with Gasteiger partial charge >= 0.3 is 0 Å². The van der Waals surface area contributed by atoms with Crippen LogP contribution < -0.4 is 10.2 Å². The standard InChI is InChI=1S/C11H15BrN4O/c1-13-11-14-4-9(12)10(15-11)16-5-7-2-3-8(6-16)17-7/h4,7-8H,2-3,5-6H2,1H3,(H,13,14,15). The number of nitrogens with one attached hydrogen (secondary N) is 1. The zero-order valence-electron chi connectivity index (χ0n) is 9.69. The van der Waals surface area contributed by atoms with E-state index in [1.165, 1.54) is 12.8 Å². The van der Waals surface area contributed by atoms with Gasteiger partial charge < -0.3 is 15.0 Å². The Morgan fingerprint density at radius 2 is 2.12 bits per heavy atom. The molecule has 5 nitrogen and oxygen atoms in total. The molecule has 2 unspecified atom stereocenters. The van der Waals surface area contributed by atoms with Crippen molar-refractivity contribution in [3.63, 3.8) is 0 Å². The first-order valence-corrected chi connectivity index (χ1v) is 6.66. The van der Waals surface area contributed by atoms with Crippen molar-refractivity contribution >= 4 is 27.7 Å². The molecule has 1 aromatic heterocycles. The highest BCUT2D eigenvalue weighted by Crippen LogP contribution is 2.32. The third-order valence-corrected chi connectivity index (χ3v) is 3.85. The predicted octanol–water partition coefficient (Wildman–Crippen LogP) is 1.65. The molecule has 0 radical (unpaired) electrons. The first kappa shape index (κ1) is 11.2. The minimum absolute atomic E-state index is 0.369. The van der Waals surface area contributed by atoms with Crippen LogP contribution in [0, 0.1) is 0 Å². The maximum Gasteiger partial charge on any atom is 0.224 e. The van der Waals surface area contributed by atoms with E-state index in [0.717, 1.165) is 23.4 Å². The lowest BCUT2D eigenvalue weighted by molar-refractivity contribution is 0.0302. The van der Waals surface area contributed by atoms with Gasteiger partial charge in [0.05, 0.1) is 16.7 Å². The summed E-state index contributed by atoms with van der Waals surface area (Å²) in [5, 5.41) is 2.97. The lowest BCUT2D eigenvalue weighted by Crippen LogP contribution is -2.43. The van der Waals surface area contributed by atoms with Gasteiger partial charge in [-0.05, 0) is 28.8 Å². The number of hydrogen-bond acceptors (Lipinski definition) is 5. The van der Waals surface area contributed by atoms with Crippen LogP contribution in [0.15, 0.2) is 10.7 Å². The van der Waals surface area contributed by atoms with Crippen LogP contribution in [0.1, 0.15) is 12.8 Å². The van der Waals surface area contributed by atoms with E-state index in [-0.39, 0.29) is 0 Å². The number of hydrogen-bond donors (Lipinski definition) is 1. The van der Waals surface area contributed by atoms with Crippen molar-refractivity contribution in [3.8, 4) is 0 Å². The summed E-state index contributed by atoms with van der Waals surface area (Å²) < 4.78 is 6.77. The third-order valence-electron chi connectivity index (χ3n) is 3.29. The normalized spacial score (nSPS) is 27.3. The van der Waals surface area contributed by atoms with Crippen molar-refractivity contribution in [3.05, 3.63) is 10.7 Å². The van der Waals surface area contributed by atoms with E-state index in [1.54, 1.807) is 6.20 Å². The molecule has 2 atom stereocenters. The number of nitrogens with zero attached hydrogens (tertiary/aromatic N) is 3. The van der Waals surface area contributed by atoms with Crippen molar-refractivity contribution in [2.75, 3.05) is 30.4 Å². The van der Waals surface area contributed by atoms with E-state index in [1.807, 2.05) is 7.05 Å². The highest BCUT2D eigenvalue weighted by molar-refractivity contribution is 9.10. The van der Waals surface area contributed by atoms with Gasteiger partial charge in [0.25, 0.3) is 0 Å². The van der Waals surface area contributed by atoms with Gasteiger partial charge in [0.15, 0.2) is 0 Å². The van der Waals surface area contributed by atoms with E-state index < -0.39 is 0 Å². The topological polar surface area (TPSA) is 50.3 Å². The van der Waals surface area contributed by atoms with E-state index in [0.29, 0.717) is 18.2 Å². The summed E-state index contributed by atoms with van der Waals surface area (Å²) in [4.78, 5) is 11.0. The Labute approximate surface area is 109 Å². The SMILES string of the molecule is CNc1ncc(Br)c(N2CC3CCC(C2)O3)n1. The molecule has 0 saturated carbocycles. The predicted molar refractivity (Wildman–Crippen MR) is 69.4 cm³/mol. The highest BCUT2D eigenvalue weighted by Gasteiger charge is 2.34. The molecular weight excluding hydrogens is 284 g/mol. The Balaban J connectivity index is 1.88. The number of ether oxygens (including phenoxy) is 1. The van der Waals surface area contributed by atoms with Gasteiger partial charge in [-0.1, -0.05) is 0 Å². The molecule has 0 aromatic carbocycles. The second-order valence-electron chi connectivity index (χ2n) is 4.48. The summed E-state index contributed by atoms with van der Waals surface area (Å²) in [6, 6.07) is 0. The fourth-order valence-corrected chi connectivity index (χ4v) is 2.93. The minimum Gasteiger partial charge on any atom is -0.371 e. The number of halogens is 1. The number of morpholine rings is 1. The fourth-order valence-electron chi connectivity index (χ4n) is 2.49. The molecule has 1 aromatic rings. The molecule has 0 aliphatic carbocycles. The molecule has 2 saturated heterocycles. The van der Waals surface area contributed by atoms with Crippen LogP contribution in [0.25, 0.3) is 0 Å². The summed E-state index contributed by atoms with van der Waals surface area (Å²) in [6.07, 6.45) is 4.87. The molecule has 2 fully saturated rings. The lowest BCUT2D eigenvalue weighted by atomic mass is 10.2. The van der Waals surface area contributed by atoms with Crippen LogP contribution in [0.2, 0.25) is 0 Å². The summed E-state index contributed by atoms with van der Waals surface area (Å²) in [7, 11) is 1.83. The molecule has 1 N–H and O–H groups in total. The summed E-state index contributed by atoms with van der Waals surface area (Å²) in [5.74, 6) is 1.62. The number of fused-ring (bicyclic) bond motifs is 2. The van der Waals surface area contributed by atoms with Crippen molar-refractivity contribution in [2.45, 2.75) is 25.0 Å². The second-order valence-corrected chi connectivity index (χ2v) is 5.33. The second kappa shape index (κ2) is 4.42. The fraction of sp³-hybridized carbons (Fsp3) is 0.636. The van der Waals surface area contributed by atoms with Gasteiger partial charge in [0, 0.05) is 26.3 Å².